The highest BCUT2D eigenvalue weighted by atomic mass is 32.2. The molecule has 2 atom stereocenters. The van der Waals surface area contributed by atoms with Crippen molar-refractivity contribution in [2.24, 2.45) is 17.4 Å². The molecule has 0 radical (unpaired) electrons. The summed E-state index contributed by atoms with van der Waals surface area (Å²) in [5.74, 6) is -1.67. The van der Waals surface area contributed by atoms with E-state index in [2.05, 4.69) is 10.6 Å². The zero-order valence-corrected chi connectivity index (χ0v) is 19.2. The van der Waals surface area contributed by atoms with Crippen molar-refractivity contribution in [3.8, 4) is 0 Å². The van der Waals surface area contributed by atoms with Gasteiger partial charge in [0.25, 0.3) is 5.91 Å². The zero-order chi connectivity index (χ0) is 22.1. The average Bonchev–Trinajstić information content (AvgIpc) is 2.53. The fourth-order valence-corrected chi connectivity index (χ4v) is 6.15. The van der Waals surface area contributed by atoms with Crippen LogP contribution in [-0.4, -0.2) is 58.7 Å². The van der Waals surface area contributed by atoms with Gasteiger partial charge in [0.05, 0.1) is 11.8 Å². The monoisotopic (exact) mass is 437 g/mol. The summed E-state index contributed by atoms with van der Waals surface area (Å²) in [6, 6.07) is -2.12. The van der Waals surface area contributed by atoms with Gasteiger partial charge in [0, 0.05) is 14.6 Å². The number of nitrogens with one attached hydrogen (secondary N) is 3. The van der Waals surface area contributed by atoms with Gasteiger partial charge in [-0.3, -0.25) is 14.3 Å². The lowest BCUT2D eigenvalue weighted by Crippen LogP contribution is -2.54. The van der Waals surface area contributed by atoms with Gasteiger partial charge >= 0.3 is 6.03 Å². The Bertz CT molecular complexity index is 648. The third-order valence-corrected chi connectivity index (χ3v) is 7.37. The fraction of sp³-hybridized carbons (Fsp3) is 0.812. The summed E-state index contributed by atoms with van der Waals surface area (Å²) in [7, 11) is -5.42. The quantitative estimate of drug-likeness (QED) is 0.207. The van der Waals surface area contributed by atoms with Gasteiger partial charge in [0.2, 0.25) is 15.9 Å². The Hall–Kier alpha value is -1.66. The Morgan fingerprint density at radius 2 is 1.64 bits per heavy atom. The van der Waals surface area contributed by atoms with E-state index in [1.165, 1.54) is 0 Å². The van der Waals surface area contributed by atoms with Crippen LogP contribution >= 0.6 is 0 Å². The number of carbonyl (C=O) groups is 3. The molecule has 0 fully saturated rings. The van der Waals surface area contributed by atoms with Crippen LogP contribution in [0.15, 0.2) is 0 Å². The van der Waals surface area contributed by atoms with Gasteiger partial charge in [-0.15, -0.1) is 0 Å². The van der Waals surface area contributed by atoms with Crippen LogP contribution in [0.2, 0.25) is 25.7 Å². The molecule has 0 spiro atoms. The molecule has 0 saturated carbocycles. The molecule has 7 N–H and O–H groups in total. The van der Waals surface area contributed by atoms with Gasteiger partial charge in [-0.25, -0.2) is 13.2 Å². The van der Waals surface area contributed by atoms with E-state index in [1.807, 2.05) is 24.4 Å². The number of sulfonamides is 1. The summed E-state index contributed by atoms with van der Waals surface area (Å²) in [6.07, 6.45) is 0.430. The Kier molecular flexibility index (Phi) is 10.7. The van der Waals surface area contributed by atoms with E-state index in [4.69, 9.17) is 11.5 Å². The molecule has 0 aromatic heterocycles. The van der Waals surface area contributed by atoms with Crippen molar-refractivity contribution in [3.05, 3.63) is 0 Å². The normalized spacial score (nSPS) is 14.2. The number of amides is 4. The Labute approximate surface area is 168 Å². The van der Waals surface area contributed by atoms with E-state index >= 15 is 0 Å². The van der Waals surface area contributed by atoms with Crippen LogP contribution in [0.25, 0.3) is 0 Å². The number of hydrogen-bond acceptors (Lipinski definition) is 6. The highest BCUT2D eigenvalue weighted by molar-refractivity contribution is 7.90. The molecular formula is C16H35N5O5SSi. The van der Waals surface area contributed by atoms with Crippen LogP contribution in [0, 0.1) is 5.92 Å². The largest absolute Gasteiger partial charge is 0.352 e. The third-order valence-electron chi connectivity index (χ3n) is 4.00. The first kappa shape index (κ1) is 26.3. The van der Waals surface area contributed by atoms with Gasteiger partial charge in [-0.1, -0.05) is 33.5 Å². The topological polar surface area (TPSA) is 173 Å². The number of hydrogen-bond donors (Lipinski definition) is 5. The standard InChI is InChI=1S/C16H35N5O5SSi/c1-11(2)13(17)15(23)20-12(7-6-8-19-16(18)24)14(22)21-27(25,26)9-10-28(3,4)5/h11-13H,6-10,17H2,1-5H3,(H,20,23)(H,21,22)(H3,18,19,24)/t12?,13-/m0/s1. The second-order valence-electron chi connectivity index (χ2n) is 8.36. The Balaban J connectivity index is 5.06. The molecule has 28 heavy (non-hydrogen) atoms. The minimum absolute atomic E-state index is 0.117. The van der Waals surface area contributed by atoms with Crippen molar-refractivity contribution < 1.29 is 22.8 Å². The highest BCUT2D eigenvalue weighted by Gasteiger charge is 2.28. The lowest BCUT2D eigenvalue weighted by molar-refractivity contribution is -0.129. The summed E-state index contributed by atoms with van der Waals surface area (Å²) in [6.45, 7) is 9.81. The molecule has 0 bridgehead atoms. The minimum atomic E-state index is -3.81. The van der Waals surface area contributed by atoms with Crippen LogP contribution < -0.4 is 26.8 Å². The molecule has 0 aromatic rings. The van der Waals surface area contributed by atoms with Gasteiger partial charge < -0.3 is 22.1 Å². The molecular weight excluding hydrogens is 402 g/mol. The Morgan fingerprint density at radius 3 is 2.11 bits per heavy atom. The fourth-order valence-electron chi connectivity index (χ4n) is 2.07. The van der Waals surface area contributed by atoms with Crippen LogP contribution in [-0.2, 0) is 19.6 Å². The Morgan fingerprint density at radius 1 is 1.07 bits per heavy atom. The minimum Gasteiger partial charge on any atom is -0.352 e. The van der Waals surface area contributed by atoms with Crippen molar-refractivity contribution in [2.75, 3.05) is 12.3 Å². The van der Waals surface area contributed by atoms with Crippen LogP contribution in [0.1, 0.15) is 26.7 Å². The number of rotatable bonds is 12. The van der Waals surface area contributed by atoms with Crippen molar-refractivity contribution >= 4 is 35.9 Å². The van der Waals surface area contributed by atoms with E-state index in [0.29, 0.717) is 12.5 Å². The van der Waals surface area contributed by atoms with E-state index in [-0.39, 0.29) is 24.6 Å². The van der Waals surface area contributed by atoms with E-state index < -0.39 is 48.0 Å². The molecule has 0 aliphatic rings. The molecule has 10 nitrogen and oxygen atoms in total. The summed E-state index contributed by atoms with van der Waals surface area (Å²) in [5, 5.41) is 4.88. The summed E-state index contributed by atoms with van der Waals surface area (Å²) >= 11 is 0. The maximum atomic E-state index is 12.5. The highest BCUT2D eigenvalue weighted by Crippen LogP contribution is 2.10. The predicted octanol–water partition coefficient (Wildman–Crippen LogP) is -0.313. The molecule has 0 saturated heterocycles. The van der Waals surface area contributed by atoms with Gasteiger partial charge in [0.1, 0.15) is 6.04 Å². The smallest absolute Gasteiger partial charge is 0.312 e. The van der Waals surface area contributed by atoms with Gasteiger partial charge in [-0.2, -0.15) is 0 Å². The first-order chi connectivity index (χ1) is 12.6. The lowest BCUT2D eigenvalue weighted by atomic mass is 10.0. The molecule has 4 amide bonds. The molecule has 12 heteroatoms. The number of primary amides is 1. The van der Waals surface area contributed by atoms with Crippen LogP contribution in [0.3, 0.4) is 0 Å². The first-order valence-corrected chi connectivity index (χ1v) is 14.6. The van der Waals surface area contributed by atoms with Crippen LogP contribution in [0.5, 0.6) is 0 Å². The molecule has 0 heterocycles. The van der Waals surface area contributed by atoms with Crippen molar-refractivity contribution in [3.63, 3.8) is 0 Å². The third kappa shape index (κ3) is 11.9. The number of carbonyl (C=O) groups excluding carboxylic acids is 3. The number of urea groups is 1. The van der Waals surface area contributed by atoms with Gasteiger partial charge in [-0.05, 0) is 24.8 Å². The first-order valence-electron chi connectivity index (χ1n) is 9.28. The maximum absolute atomic E-state index is 12.5. The molecule has 1 unspecified atom stereocenters. The van der Waals surface area contributed by atoms with Crippen LogP contribution in [0.4, 0.5) is 4.79 Å². The molecule has 0 aliphatic heterocycles. The second kappa shape index (κ2) is 11.4. The van der Waals surface area contributed by atoms with Crippen molar-refractivity contribution in [1.29, 1.82) is 0 Å². The average molecular weight is 438 g/mol. The summed E-state index contributed by atoms with van der Waals surface area (Å²) < 4.78 is 26.5. The molecule has 0 rings (SSSR count). The van der Waals surface area contributed by atoms with Crippen molar-refractivity contribution in [1.82, 2.24) is 15.4 Å². The van der Waals surface area contributed by atoms with E-state index in [1.54, 1.807) is 13.8 Å². The zero-order valence-electron chi connectivity index (χ0n) is 17.4. The van der Waals surface area contributed by atoms with Crippen molar-refractivity contribution in [2.45, 2.75) is 64.5 Å². The van der Waals surface area contributed by atoms with Gasteiger partial charge in [0.15, 0.2) is 0 Å². The molecule has 0 aromatic carbocycles. The molecule has 164 valence electrons. The summed E-state index contributed by atoms with van der Waals surface area (Å²) in [4.78, 5) is 35.4. The lowest BCUT2D eigenvalue weighted by Gasteiger charge is -2.22. The summed E-state index contributed by atoms with van der Waals surface area (Å²) in [5.41, 5.74) is 10.8. The predicted molar refractivity (Wildman–Crippen MR) is 112 cm³/mol. The second-order valence-corrected chi connectivity index (χ2v) is 15.8. The maximum Gasteiger partial charge on any atom is 0.312 e. The SMILES string of the molecule is CC(C)[C@H](N)C(=O)NC(CCCNC(N)=O)C(=O)NS(=O)(=O)CC[Si](C)(C)C. The van der Waals surface area contributed by atoms with E-state index in [9.17, 15) is 22.8 Å². The number of nitrogens with two attached hydrogens (primary N) is 2. The van der Waals surface area contributed by atoms with E-state index in [0.717, 1.165) is 0 Å². The molecule has 0 aliphatic carbocycles.